The number of cyclic esters (lactones) is 1. The first-order valence-electron chi connectivity index (χ1n) is 25.4. The molecule has 0 spiro atoms. The standard InChI is InChI=1S/C51H88N2O16/c1-13-38-35(28-63-49-46(62-12)39(61-11)26-51(8,60)69-49)23-29(2)17-18-36(54)30(3)24-34(19-22-53-20-15-14-16-21-53)44(31(4)37(55)25-40(56)66-38)68-48-43(57)42(52(9)10)45(32(5)65-48)67-41-27-50(7,59)47(58)33(6)64-41/h17-18,23,30-35,37-39,41-49,55,57-60H,13-16,19-22,24-28H2,1-12H3/b18-17+,29-23+/t30?,31?,32?,33?,34?,35?,37?,38?,39?,41?,42?,43?,44?,45?,46?,47?,48?,49?,50-,51?/m0/s1. The molecular weight excluding hydrogens is 897 g/mol. The highest BCUT2D eigenvalue weighted by atomic mass is 16.8. The molecule has 5 rings (SSSR count). The van der Waals surface area contributed by atoms with Crippen LogP contribution >= 0.6 is 0 Å². The van der Waals surface area contributed by atoms with Crippen LogP contribution in [0, 0.1) is 23.7 Å². The number of esters is 1. The van der Waals surface area contributed by atoms with Gasteiger partial charge in [0.15, 0.2) is 30.4 Å². The number of aliphatic hydroxyl groups excluding tert-OH is 3. The van der Waals surface area contributed by atoms with E-state index in [1.807, 2.05) is 59.7 Å². The predicted molar refractivity (Wildman–Crippen MR) is 254 cm³/mol. The summed E-state index contributed by atoms with van der Waals surface area (Å²) in [7, 11) is 6.67. The van der Waals surface area contributed by atoms with Crippen LogP contribution in [0.15, 0.2) is 23.8 Å². The number of carbonyl (C=O) groups is 2. The molecule has 19 unspecified atom stereocenters. The van der Waals surface area contributed by atoms with E-state index >= 15 is 0 Å². The monoisotopic (exact) mass is 985 g/mol. The molecule has 0 aromatic carbocycles. The van der Waals surface area contributed by atoms with Crippen molar-refractivity contribution in [2.45, 2.75) is 211 Å². The number of nitrogens with zero attached hydrogens (tertiary/aromatic N) is 2. The van der Waals surface area contributed by atoms with E-state index in [4.69, 9.17) is 42.6 Å². The van der Waals surface area contributed by atoms with Crippen molar-refractivity contribution in [3.05, 3.63) is 23.8 Å². The molecule has 5 aliphatic heterocycles. The molecule has 0 bridgehead atoms. The third-order valence-electron chi connectivity index (χ3n) is 15.1. The fourth-order valence-electron chi connectivity index (χ4n) is 11.0. The molecule has 4 fully saturated rings. The van der Waals surface area contributed by atoms with Gasteiger partial charge in [-0.25, -0.2) is 0 Å². The fourth-order valence-corrected chi connectivity index (χ4v) is 11.0. The Labute approximate surface area is 410 Å². The van der Waals surface area contributed by atoms with E-state index in [9.17, 15) is 35.1 Å². The highest BCUT2D eigenvalue weighted by molar-refractivity contribution is 5.91. The lowest BCUT2D eigenvalue weighted by Crippen LogP contribution is -2.65. The molecule has 5 heterocycles. The van der Waals surface area contributed by atoms with Crippen molar-refractivity contribution in [3.8, 4) is 0 Å². The number of hydrogen-bond donors (Lipinski definition) is 5. The van der Waals surface area contributed by atoms with E-state index in [-0.39, 0.29) is 37.6 Å². The molecule has 398 valence electrons. The summed E-state index contributed by atoms with van der Waals surface area (Å²) >= 11 is 0. The quantitative estimate of drug-likeness (QED) is 0.157. The van der Waals surface area contributed by atoms with Crippen molar-refractivity contribution in [3.63, 3.8) is 0 Å². The maximum Gasteiger partial charge on any atom is 0.308 e. The molecule has 0 aromatic rings. The molecule has 0 saturated carbocycles. The number of hydrogen-bond acceptors (Lipinski definition) is 18. The van der Waals surface area contributed by atoms with Gasteiger partial charge in [0.2, 0.25) is 0 Å². The van der Waals surface area contributed by atoms with Gasteiger partial charge in [-0.15, -0.1) is 0 Å². The van der Waals surface area contributed by atoms with Gasteiger partial charge in [0, 0.05) is 44.8 Å². The minimum Gasteiger partial charge on any atom is -0.462 e. The first-order chi connectivity index (χ1) is 32.5. The van der Waals surface area contributed by atoms with Crippen LogP contribution in [0.5, 0.6) is 0 Å². The van der Waals surface area contributed by atoms with Crippen molar-refractivity contribution in [1.82, 2.24) is 9.80 Å². The molecule has 0 aliphatic carbocycles. The summed E-state index contributed by atoms with van der Waals surface area (Å²) in [5.74, 6) is -4.32. The zero-order valence-electron chi connectivity index (χ0n) is 43.4. The van der Waals surface area contributed by atoms with Gasteiger partial charge in [-0.2, -0.15) is 0 Å². The molecule has 0 aromatic heterocycles. The van der Waals surface area contributed by atoms with E-state index in [0.29, 0.717) is 19.3 Å². The number of piperidine rings is 1. The molecular formula is C51H88N2O16. The average Bonchev–Trinajstić information content (AvgIpc) is 3.28. The Bertz CT molecular complexity index is 1670. The van der Waals surface area contributed by atoms with Crippen LogP contribution in [0.25, 0.3) is 0 Å². The van der Waals surface area contributed by atoms with Crippen molar-refractivity contribution >= 4 is 11.8 Å². The largest absolute Gasteiger partial charge is 0.462 e. The summed E-state index contributed by atoms with van der Waals surface area (Å²) < 4.78 is 55.6. The van der Waals surface area contributed by atoms with E-state index in [0.717, 1.165) is 38.0 Å². The first kappa shape index (κ1) is 57.9. The number of likely N-dealkylation sites (tertiary alicyclic amines) is 1. The highest BCUT2D eigenvalue weighted by Crippen LogP contribution is 2.38. The molecule has 18 nitrogen and oxygen atoms in total. The molecule has 4 saturated heterocycles. The maximum atomic E-state index is 14.1. The number of aliphatic hydroxyl groups is 5. The number of rotatable bonds is 14. The van der Waals surface area contributed by atoms with Gasteiger partial charge in [0.25, 0.3) is 0 Å². The smallest absolute Gasteiger partial charge is 0.308 e. The van der Waals surface area contributed by atoms with Crippen molar-refractivity contribution < 1.29 is 77.8 Å². The number of carbonyl (C=O) groups excluding carboxylic acids is 2. The number of allylic oxidation sites excluding steroid dienone is 3. The van der Waals surface area contributed by atoms with Crippen LogP contribution in [-0.2, 0) is 52.2 Å². The molecule has 69 heavy (non-hydrogen) atoms. The van der Waals surface area contributed by atoms with Crippen LogP contribution in [0.3, 0.4) is 0 Å². The van der Waals surface area contributed by atoms with Gasteiger partial charge in [0.1, 0.15) is 30.5 Å². The number of ether oxygens (including phenoxy) is 9. The van der Waals surface area contributed by atoms with E-state index in [2.05, 4.69) is 4.90 Å². The van der Waals surface area contributed by atoms with Crippen LogP contribution < -0.4 is 0 Å². The second kappa shape index (κ2) is 25.8. The van der Waals surface area contributed by atoms with E-state index in [1.165, 1.54) is 34.5 Å². The van der Waals surface area contributed by atoms with Crippen LogP contribution in [0.1, 0.15) is 113 Å². The maximum absolute atomic E-state index is 14.1. The third kappa shape index (κ3) is 15.5. The van der Waals surface area contributed by atoms with Crippen LogP contribution in [-0.4, -0.2) is 199 Å². The second-order valence-electron chi connectivity index (χ2n) is 21.3. The summed E-state index contributed by atoms with van der Waals surface area (Å²) in [6.45, 7) is 16.6. The Hall–Kier alpha value is -1.98. The van der Waals surface area contributed by atoms with Crippen molar-refractivity contribution in [2.24, 2.45) is 23.7 Å². The Balaban J connectivity index is 1.44. The van der Waals surface area contributed by atoms with Gasteiger partial charge >= 0.3 is 5.97 Å². The Morgan fingerprint density at radius 2 is 1.57 bits per heavy atom. The Kier molecular flexibility index (Phi) is 21.7. The summed E-state index contributed by atoms with van der Waals surface area (Å²) in [6, 6.07) is -0.688. The fraction of sp³-hybridized carbons (Fsp3) is 0.882. The number of ketones is 1. The Morgan fingerprint density at radius 1 is 0.870 bits per heavy atom. The molecule has 5 aliphatic rings. The van der Waals surface area contributed by atoms with E-state index < -0.39 is 121 Å². The highest BCUT2D eigenvalue weighted by Gasteiger charge is 2.52. The van der Waals surface area contributed by atoms with Crippen LogP contribution in [0.2, 0.25) is 0 Å². The van der Waals surface area contributed by atoms with Gasteiger partial charge in [-0.05, 0) is 112 Å². The lowest BCUT2D eigenvalue weighted by Gasteiger charge is -2.50. The Morgan fingerprint density at radius 3 is 2.19 bits per heavy atom. The zero-order valence-corrected chi connectivity index (χ0v) is 43.4. The number of methoxy groups -OCH3 is 2. The van der Waals surface area contributed by atoms with Gasteiger partial charge in [-0.1, -0.05) is 44.9 Å². The zero-order chi connectivity index (χ0) is 51.0. The van der Waals surface area contributed by atoms with Crippen molar-refractivity contribution in [1.29, 1.82) is 0 Å². The lowest BCUT2D eigenvalue weighted by molar-refractivity contribution is -0.357. The van der Waals surface area contributed by atoms with Gasteiger partial charge < -0.3 is 78.0 Å². The SMILES string of the molecule is CCC1OC(=O)CC(O)C(C)C(OC2OC(C)C(OC3C[C@](C)(O)C(O)C(C)O3)C(N(C)C)C2O)C(CCN2CCCCC2)CC(C)C(=O)/C=C/C(C)=C/C1COC1OC(C)(O)CC(OC)C1OC. The predicted octanol–water partition coefficient (Wildman–Crippen LogP) is 3.47. The normalized spacial score (nSPS) is 45.2. The van der Waals surface area contributed by atoms with Gasteiger partial charge in [0.05, 0.1) is 55.2 Å². The molecule has 5 N–H and O–H groups in total. The summed E-state index contributed by atoms with van der Waals surface area (Å²) in [4.78, 5) is 32.4. The molecule has 0 amide bonds. The molecule has 18 heteroatoms. The molecule has 20 atom stereocenters. The van der Waals surface area contributed by atoms with Gasteiger partial charge in [-0.3, -0.25) is 9.59 Å². The number of likely N-dealkylation sites (N-methyl/N-ethyl adjacent to an activating group) is 1. The summed E-state index contributed by atoms with van der Waals surface area (Å²) in [6.07, 6.45) is -1.86. The van der Waals surface area contributed by atoms with E-state index in [1.54, 1.807) is 19.1 Å². The van der Waals surface area contributed by atoms with Crippen molar-refractivity contribution in [2.75, 3.05) is 54.6 Å². The minimum absolute atomic E-state index is 0.00442. The second-order valence-corrected chi connectivity index (χ2v) is 21.3. The molecule has 0 radical (unpaired) electrons. The average molecular weight is 985 g/mol. The first-order valence-corrected chi connectivity index (χ1v) is 25.4. The lowest BCUT2D eigenvalue weighted by atomic mass is 9.79. The minimum atomic E-state index is -1.55. The summed E-state index contributed by atoms with van der Waals surface area (Å²) in [5.41, 5.74) is -0.732. The summed E-state index contributed by atoms with van der Waals surface area (Å²) in [5, 5.41) is 56.8. The third-order valence-corrected chi connectivity index (χ3v) is 15.1. The topological polar surface area (TPSA) is 225 Å². The van der Waals surface area contributed by atoms with Crippen LogP contribution in [0.4, 0.5) is 0 Å².